The maximum atomic E-state index is 10.1. The van der Waals surface area contributed by atoms with Gasteiger partial charge in [0.25, 0.3) is 0 Å². The molecule has 6 fully saturated rings. The van der Waals surface area contributed by atoms with Crippen molar-refractivity contribution in [2.24, 2.45) is 23.7 Å². The summed E-state index contributed by atoms with van der Waals surface area (Å²) >= 11 is 0. The molecule has 4 bridgehead atoms. The predicted octanol–water partition coefficient (Wildman–Crippen LogP) is 8.25. The molecule has 4 saturated carbocycles. The van der Waals surface area contributed by atoms with Crippen molar-refractivity contribution in [2.45, 2.75) is 109 Å². The van der Waals surface area contributed by atoms with Crippen LogP contribution in [0.3, 0.4) is 0 Å². The summed E-state index contributed by atoms with van der Waals surface area (Å²) in [5.74, 6) is 5.31. The Labute approximate surface area is 309 Å². The molecule has 0 atom stereocenters. The summed E-state index contributed by atoms with van der Waals surface area (Å²) in [6, 6.07) is 18.0. The fourth-order valence-corrected chi connectivity index (χ4v) is 11.8. The van der Waals surface area contributed by atoms with Gasteiger partial charge in [-0.25, -0.2) is 0 Å². The van der Waals surface area contributed by atoms with Gasteiger partial charge in [0.1, 0.15) is 37.7 Å². The number of quaternary nitrogens is 2. The van der Waals surface area contributed by atoms with Gasteiger partial charge in [0, 0.05) is 0 Å². The Morgan fingerprint density at radius 2 is 0.941 bits per heavy atom. The van der Waals surface area contributed by atoms with Crippen LogP contribution < -0.4 is 9.47 Å². The van der Waals surface area contributed by atoms with E-state index in [-0.39, 0.29) is 0 Å². The molecule has 0 radical (unpaired) electrons. The molecule has 2 saturated heterocycles. The van der Waals surface area contributed by atoms with Crippen LogP contribution in [0.25, 0.3) is 5.57 Å². The van der Waals surface area contributed by atoms with Gasteiger partial charge in [-0.05, 0) is 162 Å². The molecule has 280 valence electrons. The second kappa shape index (κ2) is 15.2. The van der Waals surface area contributed by atoms with Gasteiger partial charge >= 0.3 is 0 Å². The number of likely N-dealkylation sites (N-methyl/N-ethyl adjacent to an activating group) is 2. The molecule has 6 nitrogen and oxygen atoms in total. The predicted molar refractivity (Wildman–Crippen MR) is 207 cm³/mol. The van der Waals surface area contributed by atoms with E-state index in [1.165, 1.54) is 100 Å². The number of ether oxygens (including phenoxy) is 2. The van der Waals surface area contributed by atoms with Gasteiger partial charge in [-0.2, -0.15) is 0 Å². The highest BCUT2D eigenvalue weighted by Crippen LogP contribution is 2.58. The zero-order valence-corrected chi connectivity index (χ0v) is 32.4. The lowest BCUT2D eigenvalue weighted by Crippen LogP contribution is -2.70. The molecule has 2 heterocycles. The van der Waals surface area contributed by atoms with Crippen molar-refractivity contribution in [2.75, 3.05) is 66.6 Å². The van der Waals surface area contributed by atoms with Gasteiger partial charge in [-0.15, -0.1) is 0 Å². The van der Waals surface area contributed by atoms with Crippen LogP contribution in [0.4, 0.5) is 0 Å². The fourth-order valence-electron chi connectivity index (χ4n) is 11.8. The largest absolute Gasteiger partial charge is 0.494 e. The van der Waals surface area contributed by atoms with Crippen LogP contribution >= 0.6 is 0 Å². The van der Waals surface area contributed by atoms with E-state index in [9.17, 15) is 10.2 Å². The summed E-state index contributed by atoms with van der Waals surface area (Å²) in [7, 11) is 4.54. The smallest absolute Gasteiger partial charge is 0.159 e. The number of unbranched alkanes of at least 4 members (excludes halogenated alkanes) is 6. The molecule has 2 aromatic carbocycles. The van der Waals surface area contributed by atoms with E-state index in [0.29, 0.717) is 0 Å². The van der Waals surface area contributed by atoms with E-state index in [1.807, 2.05) is 13.8 Å². The Morgan fingerprint density at radius 3 is 1.31 bits per heavy atom. The molecular formula is C45H68N2O4+2. The van der Waals surface area contributed by atoms with E-state index in [0.717, 1.165) is 96.4 Å². The van der Waals surface area contributed by atoms with Crippen LogP contribution in [0, 0.1) is 23.7 Å². The normalized spacial score (nSPS) is 35.0. The Balaban J connectivity index is 0.908. The molecule has 0 unspecified atom stereocenters. The minimum absolute atomic E-state index is 0.454. The number of benzene rings is 2. The van der Waals surface area contributed by atoms with E-state index >= 15 is 0 Å². The summed E-state index contributed by atoms with van der Waals surface area (Å²) in [6.45, 7) is 11.3. The zero-order chi connectivity index (χ0) is 35.7. The maximum absolute atomic E-state index is 10.1. The molecule has 2 aromatic rings. The van der Waals surface area contributed by atoms with Crippen molar-refractivity contribution in [3.05, 3.63) is 65.2 Å². The molecule has 6 aliphatic rings. The molecule has 0 spiro atoms. The van der Waals surface area contributed by atoms with Crippen LogP contribution in [-0.4, -0.2) is 97.0 Å². The van der Waals surface area contributed by atoms with Crippen LogP contribution in [-0.2, 0) is 0 Å². The van der Waals surface area contributed by atoms with Gasteiger partial charge in [0.05, 0.1) is 40.4 Å². The highest BCUT2D eigenvalue weighted by molar-refractivity contribution is 5.83. The van der Waals surface area contributed by atoms with Gasteiger partial charge in [-0.1, -0.05) is 29.8 Å². The Hall–Kier alpha value is -2.38. The number of nitrogens with zero attached hydrogens (tertiary/aromatic N) is 2. The molecule has 6 heteroatoms. The van der Waals surface area contributed by atoms with Crippen molar-refractivity contribution in [3.8, 4) is 11.5 Å². The Morgan fingerprint density at radius 1 is 0.569 bits per heavy atom. The number of likely N-dealkylation sites (tertiary alicyclic amines) is 2. The third-order valence-corrected chi connectivity index (χ3v) is 13.2. The van der Waals surface area contributed by atoms with E-state index < -0.39 is 11.2 Å². The minimum atomic E-state index is -0.454. The first-order valence-electron chi connectivity index (χ1n) is 20.7. The van der Waals surface area contributed by atoms with Crippen LogP contribution in [0.5, 0.6) is 11.5 Å². The Bertz CT molecular complexity index is 1360. The third-order valence-electron chi connectivity index (χ3n) is 13.2. The first kappa shape index (κ1) is 37.0. The average Bonchev–Trinajstić information content (AvgIpc) is 3.04. The third kappa shape index (κ3) is 9.23. The first-order chi connectivity index (χ1) is 24.4. The van der Waals surface area contributed by atoms with Gasteiger partial charge < -0.3 is 28.7 Å². The standard InChI is InChI=1S/C45H68N2O4/c1-44(48)30-46(3,31-44)21-9-5-7-11-23-50-40-17-13-36(14-18-40)42(43-38-26-34-25-35(28-38)29-39(43)27-34)37-15-19-41(20-16-37)51-24-12-8-6-10-22-47(4)32-45(2,49)33-47/h13-20,34-35,38-39,48-49H,5-12,21-33H2,1-4H3/q+2. The number of rotatable bonds is 18. The molecule has 0 aromatic heterocycles. The maximum Gasteiger partial charge on any atom is 0.159 e. The summed E-state index contributed by atoms with van der Waals surface area (Å²) in [5.41, 5.74) is 4.97. The van der Waals surface area contributed by atoms with Crippen molar-refractivity contribution >= 4 is 5.57 Å². The lowest BCUT2D eigenvalue weighted by atomic mass is 9.53. The number of hydrogen-bond acceptors (Lipinski definition) is 4. The van der Waals surface area contributed by atoms with Crippen molar-refractivity contribution in [1.29, 1.82) is 0 Å². The fraction of sp³-hybridized carbons (Fsp3) is 0.689. The number of hydrogen-bond donors (Lipinski definition) is 2. The van der Waals surface area contributed by atoms with Crippen molar-refractivity contribution in [3.63, 3.8) is 0 Å². The monoisotopic (exact) mass is 701 g/mol. The summed E-state index contributed by atoms with van der Waals surface area (Å²) in [4.78, 5) is 0. The summed E-state index contributed by atoms with van der Waals surface area (Å²) < 4.78 is 14.5. The zero-order valence-electron chi connectivity index (χ0n) is 32.4. The first-order valence-corrected chi connectivity index (χ1v) is 20.7. The highest BCUT2D eigenvalue weighted by atomic mass is 16.5. The minimum Gasteiger partial charge on any atom is -0.494 e. The summed E-state index contributed by atoms with van der Waals surface area (Å²) in [5, 5.41) is 20.2. The van der Waals surface area contributed by atoms with E-state index in [1.54, 1.807) is 5.57 Å². The molecular weight excluding hydrogens is 633 g/mol. The molecule has 4 aliphatic carbocycles. The lowest BCUT2D eigenvalue weighted by molar-refractivity contribution is -0.965. The molecule has 8 rings (SSSR count). The van der Waals surface area contributed by atoms with E-state index in [4.69, 9.17) is 9.47 Å². The second-order valence-corrected chi connectivity index (χ2v) is 19.0. The van der Waals surface area contributed by atoms with Crippen LogP contribution in [0.2, 0.25) is 0 Å². The topological polar surface area (TPSA) is 58.9 Å². The number of aliphatic hydroxyl groups is 2. The number of allylic oxidation sites excluding steroid dienone is 1. The van der Waals surface area contributed by atoms with Crippen molar-refractivity contribution in [1.82, 2.24) is 0 Å². The summed E-state index contributed by atoms with van der Waals surface area (Å²) in [6.07, 6.45) is 16.5. The lowest BCUT2D eigenvalue weighted by Gasteiger charge is -2.52. The highest BCUT2D eigenvalue weighted by Gasteiger charge is 2.49. The Kier molecular flexibility index (Phi) is 11.0. The van der Waals surface area contributed by atoms with Gasteiger partial charge in [0.2, 0.25) is 0 Å². The van der Waals surface area contributed by atoms with Crippen LogP contribution in [0.1, 0.15) is 108 Å². The average molecular weight is 701 g/mol. The second-order valence-electron chi connectivity index (χ2n) is 19.0. The van der Waals surface area contributed by atoms with Gasteiger partial charge in [-0.3, -0.25) is 0 Å². The quantitative estimate of drug-likeness (QED) is 0.122. The SMILES string of the molecule is CC1(O)C[N+](C)(CCCCCCOc2ccc(C(=C3C4CC5CC(C4)CC3C5)c3ccc(OCCCCCC[N+]4(C)CC(C)(O)C4)cc3)cc2)C1. The molecule has 51 heavy (non-hydrogen) atoms. The molecule has 2 N–H and O–H groups in total. The van der Waals surface area contributed by atoms with Gasteiger partial charge in [0.15, 0.2) is 11.2 Å². The molecule has 2 aliphatic heterocycles. The van der Waals surface area contributed by atoms with Crippen LogP contribution in [0.15, 0.2) is 54.1 Å². The van der Waals surface area contributed by atoms with E-state index in [2.05, 4.69) is 62.6 Å². The molecule has 0 amide bonds. The van der Waals surface area contributed by atoms with Crippen molar-refractivity contribution < 1.29 is 28.7 Å².